The Hall–Kier alpha value is -0.570. The molecule has 0 amide bonds. The Morgan fingerprint density at radius 3 is 2.50 bits per heavy atom. The van der Waals surface area contributed by atoms with E-state index in [1.54, 1.807) is 7.11 Å². The number of hydrogen-bond acceptors (Lipinski definition) is 2. The summed E-state index contributed by atoms with van der Waals surface area (Å²) in [6.45, 7) is 8.46. The molecule has 16 heavy (non-hydrogen) atoms. The van der Waals surface area contributed by atoms with Crippen LogP contribution in [0.4, 0.5) is 0 Å². The van der Waals surface area contributed by atoms with Crippen LogP contribution in [0.3, 0.4) is 0 Å². The van der Waals surface area contributed by atoms with Gasteiger partial charge in [0.15, 0.2) is 0 Å². The molecule has 0 aromatic heterocycles. The fourth-order valence-electron chi connectivity index (χ4n) is 2.49. The molecule has 3 nitrogen and oxygen atoms in total. The van der Waals surface area contributed by atoms with Crippen molar-refractivity contribution in [1.82, 2.24) is 0 Å². The highest BCUT2D eigenvalue weighted by atomic mass is 16.5. The van der Waals surface area contributed by atoms with Crippen LogP contribution >= 0.6 is 0 Å². The zero-order chi connectivity index (χ0) is 12.4. The number of hydrogen-bond donors (Lipinski definition) is 1. The van der Waals surface area contributed by atoms with E-state index in [0.717, 1.165) is 12.8 Å². The van der Waals surface area contributed by atoms with Crippen molar-refractivity contribution in [3.05, 3.63) is 0 Å². The van der Waals surface area contributed by atoms with Crippen molar-refractivity contribution in [1.29, 1.82) is 0 Å². The number of aliphatic imine (C=N–C) groups is 1. The topological polar surface area (TPSA) is 47.6 Å². The standard InChI is InChI=1S/C13H26N2O/c1-10-7-6-8-13(9-10,16-5)11(14)15-12(2,3)4/h10H,6-9H2,1-5H3,(H2,14,15). The fraction of sp³-hybridized carbons (Fsp3) is 0.923. The lowest BCUT2D eigenvalue weighted by Crippen LogP contribution is -2.49. The van der Waals surface area contributed by atoms with Gasteiger partial charge in [-0.2, -0.15) is 0 Å². The summed E-state index contributed by atoms with van der Waals surface area (Å²) in [7, 11) is 1.75. The first-order valence-electron chi connectivity index (χ1n) is 6.20. The average molecular weight is 226 g/mol. The molecule has 2 N–H and O–H groups in total. The molecule has 0 aliphatic heterocycles. The Morgan fingerprint density at radius 2 is 2.06 bits per heavy atom. The monoisotopic (exact) mass is 226 g/mol. The second kappa shape index (κ2) is 4.74. The molecular formula is C13H26N2O. The highest BCUT2D eigenvalue weighted by Crippen LogP contribution is 2.35. The maximum absolute atomic E-state index is 6.17. The second-order valence-corrected chi connectivity index (χ2v) is 6.07. The number of methoxy groups -OCH3 is 1. The van der Waals surface area contributed by atoms with E-state index in [2.05, 4.69) is 32.7 Å². The van der Waals surface area contributed by atoms with E-state index in [-0.39, 0.29) is 11.1 Å². The van der Waals surface area contributed by atoms with Gasteiger partial charge in [-0.1, -0.05) is 13.3 Å². The van der Waals surface area contributed by atoms with Crippen molar-refractivity contribution in [2.45, 2.75) is 64.5 Å². The van der Waals surface area contributed by atoms with Gasteiger partial charge in [0.25, 0.3) is 0 Å². The predicted octanol–water partition coefficient (Wildman–Crippen LogP) is 2.74. The minimum absolute atomic E-state index is 0.129. The lowest BCUT2D eigenvalue weighted by atomic mass is 9.78. The molecule has 1 aliphatic rings. The summed E-state index contributed by atoms with van der Waals surface area (Å²) in [4.78, 5) is 4.58. The van der Waals surface area contributed by atoms with Crippen molar-refractivity contribution in [3.8, 4) is 0 Å². The summed E-state index contributed by atoms with van der Waals surface area (Å²) in [5.74, 6) is 1.34. The van der Waals surface area contributed by atoms with Crippen molar-refractivity contribution < 1.29 is 4.74 Å². The third kappa shape index (κ3) is 3.21. The van der Waals surface area contributed by atoms with Gasteiger partial charge in [0.05, 0.1) is 5.54 Å². The van der Waals surface area contributed by atoms with Crippen LogP contribution in [0.2, 0.25) is 0 Å². The zero-order valence-corrected chi connectivity index (χ0v) is 11.3. The maximum atomic E-state index is 6.17. The average Bonchev–Trinajstić information content (AvgIpc) is 2.14. The smallest absolute Gasteiger partial charge is 0.127 e. The number of nitrogens with zero attached hydrogens (tertiary/aromatic N) is 1. The Balaban J connectivity index is 2.91. The largest absolute Gasteiger partial charge is 0.385 e. The highest BCUT2D eigenvalue weighted by molar-refractivity contribution is 5.89. The first kappa shape index (κ1) is 13.5. The molecule has 2 atom stereocenters. The highest BCUT2D eigenvalue weighted by Gasteiger charge is 2.39. The quantitative estimate of drug-likeness (QED) is 0.581. The van der Waals surface area contributed by atoms with Gasteiger partial charge in [-0.3, -0.25) is 4.99 Å². The molecular weight excluding hydrogens is 200 g/mol. The third-order valence-electron chi connectivity index (χ3n) is 3.27. The molecule has 1 aliphatic carbocycles. The lowest BCUT2D eigenvalue weighted by Gasteiger charge is -2.39. The molecule has 0 spiro atoms. The molecule has 0 saturated heterocycles. The molecule has 94 valence electrons. The van der Waals surface area contributed by atoms with Gasteiger partial charge in [0.2, 0.25) is 0 Å². The van der Waals surface area contributed by atoms with Gasteiger partial charge in [0, 0.05) is 7.11 Å². The maximum Gasteiger partial charge on any atom is 0.127 e. The first-order chi connectivity index (χ1) is 7.29. The van der Waals surface area contributed by atoms with E-state index in [1.807, 2.05) is 0 Å². The first-order valence-corrected chi connectivity index (χ1v) is 6.20. The van der Waals surface area contributed by atoms with Gasteiger partial charge in [-0.05, 0) is 46.0 Å². The van der Waals surface area contributed by atoms with Gasteiger partial charge in [0.1, 0.15) is 11.4 Å². The van der Waals surface area contributed by atoms with Crippen LogP contribution in [0.1, 0.15) is 53.4 Å². The summed E-state index contributed by atoms with van der Waals surface area (Å²) in [6, 6.07) is 0. The minimum Gasteiger partial charge on any atom is -0.385 e. The predicted molar refractivity (Wildman–Crippen MR) is 68.7 cm³/mol. The van der Waals surface area contributed by atoms with Crippen molar-refractivity contribution in [2.75, 3.05) is 7.11 Å². The van der Waals surface area contributed by atoms with E-state index < -0.39 is 0 Å². The van der Waals surface area contributed by atoms with Crippen LogP contribution in [0.25, 0.3) is 0 Å². The summed E-state index contributed by atoms with van der Waals surface area (Å²) in [5.41, 5.74) is 5.72. The lowest BCUT2D eigenvalue weighted by molar-refractivity contribution is 0.00251. The summed E-state index contributed by atoms with van der Waals surface area (Å²) in [6.07, 6.45) is 4.44. The van der Waals surface area contributed by atoms with E-state index in [1.165, 1.54) is 12.8 Å². The van der Waals surface area contributed by atoms with E-state index >= 15 is 0 Å². The Morgan fingerprint density at radius 1 is 1.44 bits per heavy atom. The normalized spacial score (nSPS) is 32.8. The summed E-state index contributed by atoms with van der Waals surface area (Å²) >= 11 is 0. The van der Waals surface area contributed by atoms with Gasteiger partial charge < -0.3 is 10.5 Å². The third-order valence-corrected chi connectivity index (χ3v) is 3.27. The molecule has 0 radical (unpaired) electrons. The SMILES string of the molecule is COC1(C(N)=NC(C)(C)C)CCCC(C)C1. The Labute approximate surface area is 99.5 Å². The number of nitrogens with two attached hydrogens (primary N) is 1. The molecule has 1 saturated carbocycles. The fourth-order valence-corrected chi connectivity index (χ4v) is 2.49. The van der Waals surface area contributed by atoms with Crippen LogP contribution < -0.4 is 5.73 Å². The summed E-state index contributed by atoms with van der Waals surface area (Å²) < 4.78 is 5.70. The van der Waals surface area contributed by atoms with Crippen LogP contribution in [0.15, 0.2) is 4.99 Å². The van der Waals surface area contributed by atoms with Crippen LogP contribution in [-0.2, 0) is 4.74 Å². The molecule has 0 heterocycles. The van der Waals surface area contributed by atoms with Gasteiger partial charge in [-0.15, -0.1) is 0 Å². The molecule has 3 heteroatoms. The minimum atomic E-state index is -0.315. The number of ether oxygens (including phenoxy) is 1. The Kier molecular flexibility index (Phi) is 4.00. The van der Waals surface area contributed by atoms with E-state index in [9.17, 15) is 0 Å². The molecule has 1 fully saturated rings. The van der Waals surface area contributed by atoms with E-state index in [4.69, 9.17) is 10.5 Å². The molecule has 0 aromatic rings. The second-order valence-electron chi connectivity index (χ2n) is 6.07. The molecule has 1 rings (SSSR count). The van der Waals surface area contributed by atoms with Crippen LogP contribution in [-0.4, -0.2) is 24.1 Å². The zero-order valence-electron chi connectivity index (χ0n) is 11.3. The number of amidine groups is 1. The van der Waals surface area contributed by atoms with Crippen LogP contribution in [0.5, 0.6) is 0 Å². The van der Waals surface area contributed by atoms with Crippen molar-refractivity contribution in [3.63, 3.8) is 0 Å². The van der Waals surface area contributed by atoms with Crippen molar-refractivity contribution in [2.24, 2.45) is 16.6 Å². The summed E-state index contributed by atoms with van der Waals surface area (Å²) in [5, 5.41) is 0. The van der Waals surface area contributed by atoms with Gasteiger partial charge in [-0.25, -0.2) is 0 Å². The number of rotatable bonds is 2. The van der Waals surface area contributed by atoms with E-state index in [0.29, 0.717) is 11.8 Å². The molecule has 2 unspecified atom stereocenters. The van der Waals surface area contributed by atoms with Gasteiger partial charge >= 0.3 is 0 Å². The van der Waals surface area contributed by atoms with Crippen molar-refractivity contribution >= 4 is 5.84 Å². The van der Waals surface area contributed by atoms with Crippen LogP contribution in [0, 0.1) is 5.92 Å². The molecule has 0 aromatic carbocycles. The Bertz CT molecular complexity index is 268. The molecule has 0 bridgehead atoms.